The van der Waals surface area contributed by atoms with Crippen LogP contribution in [0.25, 0.3) is 0 Å². The molecule has 0 amide bonds. The monoisotopic (exact) mass is 310 g/mol. The number of nitrogens with one attached hydrogen (secondary N) is 1. The summed E-state index contributed by atoms with van der Waals surface area (Å²) in [5.74, 6) is 0.980. The molecule has 0 unspecified atom stereocenters. The van der Waals surface area contributed by atoms with Crippen molar-refractivity contribution in [3.05, 3.63) is 40.8 Å². The average Bonchev–Trinajstić information content (AvgIpc) is 2.39. The molecule has 1 aromatic carbocycles. The van der Waals surface area contributed by atoms with Gasteiger partial charge in [-0.15, -0.1) is 0 Å². The van der Waals surface area contributed by atoms with Gasteiger partial charge in [0.2, 0.25) is 5.95 Å². The van der Waals surface area contributed by atoms with Gasteiger partial charge in [0, 0.05) is 26.0 Å². The quantitative estimate of drug-likeness (QED) is 0.945. The van der Waals surface area contributed by atoms with Gasteiger partial charge in [-0.1, -0.05) is 0 Å². The third kappa shape index (κ3) is 2.59. The fraction of sp³-hybridized carbons (Fsp3) is 0.167. The van der Waals surface area contributed by atoms with Crippen LogP contribution in [0.4, 0.5) is 21.8 Å². The lowest BCUT2D eigenvalue weighted by Gasteiger charge is -2.19. The Bertz CT molecular complexity index is 544. The second-order valence-electron chi connectivity index (χ2n) is 3.65. The molecular formula is C12H12BrFN4. The molecule has 2 aromatic rings. The zero-order chi connectivity index (χ0) is 13.1. The molecule has 0 spiro atoms. The van der Waals surface area contributed by atoms with Crippen molar-refractivity contribution in [1.29, 1.82) is 0 Å². The minimum Gasteiger partial charge on any atom is -0.357 e. The predicted molar refractivity (Wildman–Crippen MR) is 73.7 cm³/mol. The summed E-state index contributed by atoms with van der Waals surface area (Å²) in [7, 11) is 3.62. The number of hydrogen-bond acceptors (Lipinski definition) is 4. The number of rotatable bonds is 3. The lowest BCUT2D eigenvalue weighted by Crippen LogP contribution is -2.13. The lowest BCUT2D eigenvalue weighted by molar-refractivity contribution is 0.628. The summed E-state index contributed by atoms with van der Waals surface area (Å²) in [5.41, 5.74) is 0.845. The van der Waals surface area contributed by atoms with Gasteiger partial charge in [0.05, 0.1) is 4.47 Å². The normalized spacial score (nSPS) is 10.2. The van der Waals surface area contributed by atoms with Gasteiger partial charge in [0.15, 0.2) is 5.82 Å². The molecule has 18 heavy (non-hydrogen) atoms. The molecule has 0 atom stereocenters. The number of nitrogens with zero attached hydrogens (tertiary/aromatic N) is 3. The van der Waals surface area contributed by atoms with E-state index in [9.17, 15) is 4.39 Å². The Labute approximate surface area is 113 Å². The smallest absolute Gasteiger partial charge is 0.224 e. The van der Waals surface area contributed by atoms with Gasteiger partial charge in [-0.25, -0.2) is 9.37 Å². The number of hydrogen-bond donors (Lipinski definition) is 1. The summed E-state index contributed by atoms with van der Waals surface area (Å²) < 4.78 is 13.7. The van der Waals surface area contributed by atoms with E-state index in [4.69, 9.17) is 0 Å². The molecule has 0 fully saturated rings. The van der Waals surface area contributed by atoms with E-state index in [1.54, 1.807) is 25.4 Å². The molecule has 0 bridgehead atoms. The summed E-state index contributed by atoms with van der Waals surface area (Å²) in [4.78, 5) is 10.3. The number of halogens is 2. The standard InChI is InChI=1S/C12H12BrFN4/c1-15-12-16-7-10(13)11(17-12)18(2)9-5-3-8(14)4-6-9/h3-7H,1-2H3,(H,15,16,17). The van der Waals surface area contributed by atoms with Gasteiger partial charge in [0.25, 0.3) is 0 Å². The highest BCUT2D eigenvalue weighted by Crippen LogP contribution is 2.29. The van der Waals surface area contributed by atoms with E-state index in [-0.39, 0.29) is 5.82 Å². The first-order valence-corrected chi connectivity index (χ1v) is 6.10. The van der Waals surface area contributed by atoms with Crippen LogP contribution < -0.4 is 10.2 Å². The topological polar surface area (TPSA) is 41.1 Å². The number of anilines is 3. The van der Waals surface area contributed by atoms with E-state index in [0.717, 1.165) is 10.2 Å². The minimum atomic E-state index is -0.259. The van der Waals surface area contributed by atoms with Crippen LogP contribution in [-0.4, -0.2) is 24.1 Å². The van der Waals surface area contributed by atoms with Crippen molar-refractivity contribution in [3.8, 4) is 0 Å². The molecule has 1 heterocycles. The van der Waals surface area contributed by atoms with Crippen molar-refractivity contribution in [1.82, 2.24) is 9.97 Å². The molecule has 0 radical (unpaired) electrons. The van der Waals surface area contributed by atoms with Crippen LogP contribution in [0.2, 0.25) is 0 Å². The molecule has 1 N–H and O–H groups in total. The van der Waals surface area contributed by atoms with E-state index < -0.39 is 0 Å². The lowest BCUT2D eigenvalue weighted by atomic mass is 10.3. The van der Waals surface area contributed by atoms with E-state index in [0.29, 0.717) is 11.8 Å². The van der Waals surface area contributed by atoms with Crippen LogP contribution >= 0.6 is 15.9 Å². The first-order chi connectivity index (χ1) is 8.61. The van der Waals surface area contributed by atoms with Crippen molar-refractivity contribution in [2.45, 2.75) is 0 Å². The molecule has 0 saturated heterocycles. The fourth-order valence-corrected chi connectivity index (χ4v) is 1.96. The molecule has 94 valence electrons. The van der Waals surface area contributed by atoms with Crippen LogP contribution in [-0.2, 0) is 0 Å². The van der Waals surface area contributed by atoms with Gasteiger partial charge >= 0.3 is 0 Å². The Kier molecular flexibility index (Phi) is 3.76. The van der Waals surface area contributed by atoms with Gasteiger partial charge in [0.1, 0.15) is 5.82 Å². The third-order valence-electron chi connectivity index (χ3n) is 2.48. The molecule has 0 aliphatic carbocycles. The summed E-state index contributed by atoms with van der Waals surface area (Å²) in [6.07, 6.45) is 1.67. The molecule has 0 aliphatic heterocycles. The number of benzene rings is 1. The maximum Gasteiger partial charge on any atom is 0.224 e. The molecular weight excluding hydrogens is 299 g/mol. The molecule has 0 aliphatic rings. The molecule has 1 aromatic heterocycles. The van der Waals surface area contributed by atoms with E-state index in [1.165, 1.54) is 12.1 Å². The second kappa shape index (κ2) is 5.30. The summed E-state index contributed by atoms with van der Waals surface area (Å²) in [6.45, 7) is 0. The molecule has 0 saturated carbocycles. The highest BCUT2D eigenvalue weighted by molar-refractivity contribution is 9.10. The highest BCUT2D eigenvalue weighted by atomic mass is 79.9. The van der Waals surface area contributed by atoms with Gasteiger partial charge in [-0.2, -0.15) is 4.98 Å². The van der Waals surface area contributed by atoms with Crippen molar-refractivity contribution >= 4 is 33.4 Å². The molecule has 4 nitrogen and oxygen atoms in total. The van der Waals surface area contributed by atoms with Gasteiger partial charge < -0.3 is 10.2 Å². The Morgan fingerprint density at radius 2 is 1.94 bits per heavy atom. The zero-order valence-electron chi connectivity index (χ0n) is 9.98. The van der Waals surface area contributed by atoms with Crippen molar-refractivity contribution in [2.75, 3.05) is 24.3 Å². The summed E-state index contributed by atoms with van der Waals surface area (Å²) in [6, 6.07) is 6.23. The zero-order valence-corrected chi connectivity index (χ0v) is 11.6. The van der Waals surface area contributed by atoms with Crippen LogP contribution in [0, 0.1) is 5.82 Å². The largest absolute Gasteiger partial charge is 0.357 e. The maximum absolute atomic E-state index is 12.9. The minimum absolute atomic E-state index is 0.259. The summed E-state index contributed by atoms with van der Waals surface area (Å²) >= 11 is 3.40. The van der Waals surface area contributed by atoms with Crippen molar-refractivity contribution < 1.29 is 4.39 Å². The Morgan fingerprint density at radius 3 is 2.56 bits per heavy atom. The number of aromatic nitrogens is 2. The Hall–Kier alpha value is -1.69. The Morgan fingerprint density at radius 1 is 1.28 bits per heavy atom. The first kappa shape index (κ1) is 12.8. The van der Waals surface area contributed by atoms with E-state index in [1.807, 2.05) is 11.9 Å². The van der Waals surface area contributed by atoms with Crippen molar-refractivity contribution in [3.63, 3.8) is 0 Å². The van der Waals surface area contributed by atoms with Crippen LogP contribution in [0.1, 0.15) is 0 Å². The van der Waals surface area contributed by atoms with E-state index >= 15 is 0 Å². The average molecular weight is 311 g/mol. The highest BCUT2D eigenvalue weighted by Gasteiger charge is 2.11. The fourth-order valence-electron chi connectivity index (χ4n) is 1.50. The molecule has 2 rings (SSSR count). The van der Waals surface area contributed by atoms with Gasteiger partial charge in [-0.05, 0) is 40.2 Å². The second-order valence-corrected chi connectivity index (χ2v) is 4.50. The molecule has 6 heteroatoms. The Balaban J connectivity index is 2.38. The van der Waals surface area contributed by atoms with E-state index in [2.05, 4.69) is 31.2 Å². The predicted octanol–water partition coefficient (Wildman–Crippen LogP) is 3.19. The first-order valence-electron chi connectivity index (χ1n) is 5.31. The van der Waals surface area contributed by atoms with Crippen LogP contribution in [0.15, 0.2) is 34.9 Å². The SMILES string of the molecule is CNc1ncc(Br)c(N(C)c2ccc(F)cc2)n1. The van der Waals surface area contributed by atoms with Crippen molar-refractivity contribution in [2.24, 2.45) is 0 Å². The van der Waals surface area contributed by atoms with Crippen LogP contribution in [0.3, 0.4) is 0 Å². The maximum atomic E-state index is 12.9. The van der Waals surface area contributed by atoms with Gasteiger partial charge in [-0.3, -0.25) is 0 Å². The van der Waals surface area contributed by atoms with Crippen LogP contribution in [0.5, 0.6) is 0 Å². The summed E-state index contributed by atoms with van der Waals surface area (Å²) in [5, 5.41) is 2.88. The third-order valence-corrected chi connectivity index (χ3v) is 3.04.